The van der Waals surface area contributed by atoms with Gasteiger partial charge in [0, 0.05) is 6.54 Å². The summed E-state index contributed by atoms with van der Waals surface area (Å²) in [7, 11) is -5.90. The minimum absolute atomic E-state index is 0.0364. The van der Waals surface area contributed by atoms with Gasteiger partial charge in [0.15, 0.2) is 0 Å². The molecule has 152 valence electrons. The molecule has 1 saturated heterocycles. The number of nitrogens with zero attached hydrogens (tertiary/aromatic N) is 1. The van der Waals surface area contributed by atoms with Crippen molar-refractivity contribution < 1.29 is 21.6 Å². The molecule has 0 amide bonds. The van der Waals surface area contributed by atoms with Gasteiger partial charge in [-0.25, -0.2) is 16.8 Å². The third-order valence-electron chi connectivity index (χ3n) is 4.70. The zero-order chi connectivity index (χ0) is 20.5. The van der Waals surface area contributed by atoms with Crippen molar-refractivity contribution in [1.82, 2.24) is 0 Å². The molecule has 2 aromatic carbocycles. The number of hydrogen-bond acceptors (Lipinski definition) is 5. The smallest absolute Gasteiger partial charge is 0.262 e. The van der Waals surface area contributed by atoms with Gasteiger partial charge < -0.3 is 4.74 Å². The number of hydrogen-bond donors (Lipinski definition) is 1. The normalized spacial score (nSPS) is 16.6. The van der Waals surface area contributed by atoms with Crippen LogP contribution in [-0.2, 0) is 20.0 Å². The van der Waals surface area contributed by atoms with Gasteiger partial charge in [-0.3, -0.25) is 9.03 Å². The van der Waals surface area contributed by atoms with Crippen molar-refractivity contribution >= 4 is 31.4 Å². The fourth-order valence-corrected chi connectivity index (χ4v) is 6.17. The Balaban J connectivity index is 2.02. The summed E-state index contributed by atoms with van der Waals surface area (Å²) >= 11 is 0. The van der Waals surface area contributed by atoms with Crippen molar-refractivity contribution in [3.63, 3.8) is 0 Å². The molecule has 1 N–H and O–H groups in total. The van der Waals surface area contributed by atoms with Crippen molar-refractivity contribution in [3.8, 4) is 5.75 Å². The average molecular weight is 425 g/mol. The van der Waals surface area contributed by atoms with E-state index in [1.165, 1.54) is 17.5 Å². The van der Waals surface area contributed by atoms with Crippen LogP contribution in [0.25, 0.3) is 0 Å². The largest absolute Gasteiger partial charge is 0.495 e. The van der Waals surface area contributed by atoms with Crippen molar-refractivity contribution in [2.45, 2.75) is 31.6 Å². The molecule has 2 aromatic rings. The standard InChI is InChI=1S/C19H24N2O5S2/c1-14-6-9-18(26-3)17(12-14)20-28(24,25)19-13-16(8-7-15(19)2)21-10-4-5-11-27(21,22)23/h6-9,12-13,20H,4-5,10-11H2,1-3H3. The minimum atomic E-state index is -3.94. The molecule has 28 heavy (non-hydrogen) atoms. The fourth-order valence-electron chi connectivity index (χ4n) is 3.21. The summed E-state index contributed by atoms with van der Waals surface area (Å²) in [5, 5.41) is 0. The fraction of sp³-hybridized carbons (Fsp3) is 0.368. The Labute approximate surface area is 166 Å². The SMILES string of the molecule is COc1ccc(C)cc1NS(=O)(=O)c1cc(N2CCCCS2(=O)=O)ccc1C. The van der Waals surface area contributed by atoms with Gasteiger partial charge in [0.1, 0.15) is 5.75 Å². The lowest BCUT2D eigenvalue weighted by Gasteiger charge is -2.28. The molecule has 1 aliphatic rings. The van der Waals surface area contributed by atoms with Crippen LogP contribution < -0.4 is 13.8 Å². The average Bonchev–Trinajstić information content (AvgIpc) is 2.62. The van der Waals surface area contributed by atoms with E-state index in [0.717, 1.165) is 12.0 Å². The highest BCUT2D eigenvalue weighted by atomic mass is 32.2. The first kappa shape index (κ1) is 20.5. The van der Waals surface area contributed by atoms with Gasteiger partial charge >= 0.3 is 0 Å². The van der Waals surface area contributed by atoms with Crippen LogP contribution in [-0.4, -0.2) is 36.2 Å². The summed E-state index contributed by atoms with van der Waals surface area (Å²) in [4.78, 5) is 0.0364. The maximum Gasteiger partial charge on any atom is 0.262 e. The Morgan fingerprint density at radius 2 is 1.82 bits per heavy atom. The minimum Gasteiger partial charge on any atom is -0.495 e. The second-order valence-corrected chi connectivity index (χ2v) is 10.5. The van der Waals surface area contributed by atoms with Gasteiger partial charge in [-0.05, 0) is 62.1 Å². The van der Waals surface area contributed by atoms with Gasteiger partial charge in [0.25, 0.3) is 10.0 Å². The molecule has 0 saturated carbocycles. The van der Waals surface area contributed by atoms with Crippen LogP contribution >= 0.6 is 0 Å². The number of sulfonamides is 2. The topological polar surface area (TPSA) is 92.8 Å². The molecule has 1 aliphatic heterocycles. The molecule has 0 atom stereocenters. The lowest BCUT2D eigenvalue weighted by molar-refractivity contribution is 0.417. The Kier molecular flexibility index (Phi) is 5.58. The van der Waals surface area contributed by atoms with Crippen LogP contribution in [0.4, 0.5) is 11.4 Å². The maximum atomic E-state index is 13.1. The molecule has 1 heterocycles. The lowest BCUT2D eigenvalue weighted by Crippen LogP contribution is -2.38. The van der Waals surface area contributed by atoms with E-state index in [1.54, 1.807) is 31.2 Å². The van der Waals surface area contributed by atoms with E-state index in [-0.39, 0.29) is 10.6 Å². The molecule has 0 aromatic heterocycles. The number of benzene rings is 2. The number of methoxy groups -OCH3 is 1. The van der Waals surface area contributed by atoms with Crippen LogP contribution in [0.2, 0.25) is 0 Å². The molecule has 0 bridgehead atoms. The summed E-state index contributed by atoms with van der Waals surface area (Å²) in [5.41, 5.74) is 2.10. The van der Waals surface area contributed by atoms with Crippen molar-refractivity contribution in [1.29, 1.82) is 0 Å². The highest BCUT2D eigenvalue weighted by molar-refractivity contribution is 7.93. The summed E-state index contributed by atoms with van der Waals surface area (Å²) in [5.74, 6) is 0.475. The maximum absolute atomic E-state index is 13.1. The molecular weight excluding hydrogens is 400 g/mol. The van der Waals surface area contributed by atoms with E-state index in [4.69, 9.17) is 4.74 Å². The summed E-state index contributed by atoms with van der Waals surface area (Å²) in [6.45, 7) is 3.88. The van der Waals surface area contributed by atoms with Gasteiger partial charge in [-0.2, -0.15) is 0 Å². The van der Waals surface area contributed by atoms with E-state index in [0.29, 0.717) is 35.7 Å². The Hall–Kier alpha value is -2.26. The van der Waals surface area contributed by atoms with Crippen molar-refractivity contribution in [2.24, 2.45) is 0 Å². The molecule has 7 nitrogen and oxygen atoms in total. The van der Waals surface area contributed by atoms with Crippen LogP contribution in [0.3, 0.4) is 0 Å². The van der Waals surface area contributed by atoms with Gasteiger partial charge in [-0.15, -0.1) is 0 Å². The molecule has 0 unspecified atom stereocenters. The summed E-state index contributed by atoms with van der Waals surface area (Å²) in [6.07, 6.45) is 1.36. The second-order valence-electron chi connectivity index (χ2n) is 6.85. The molecule has 0 radical (unpaired) electrons. The Bertz CT molecular complexity index is 1100. The predicted octanol–water partition coefficient (Wildman–Crippen LogP) is 3.04. The quantitative estimate of drug-likeness (QED) is 0.796. The monoisotopic (exact) mass is 424 g/mol. The number of nitrogens with one attached hydrogen (secondary N) is 1. The third-order valence-corrected chi connectivity index (χ3v) is 8.07. The first-order valence-electron chi connectivity index (χ1n) is 8.92. The van der Waals surface area contributed by atoms with Gasteiger partial charge in [0.2, 0.25) is 10.0 Å². The molecule has 9 heteroatoms. The number of rotatable bonds is 5. The Morgan fingerprint density at radius 1 is 1.07 bits per heavy atom. The number of ether oxygens (including phenoxy) is 1. The Morgan fingerprint density at radius 3 is 2.50 bits per heavy atom. The van der Waals surface area contributed by atoms with Crippen molar-refractivity contribution in [2.75, 3.05) is 28.4 Å². The molecule has 0 aliphatic carbocycles. The van der Waals surface area contributed by atoms with E-state index >= 15 is 0 Å². The third kappa shape index (κ3) is 4.10. The molecular formula is C19H24N2O5S2. The summed E-state index contributed by atoms with van der Waals surface area (Å²) in [6, 6.07) is 9.89. The highest BCUT2D eigenvalue weighted by Gasteiger charge is 2.28. The molecule has 3 rings (SSSR count). The zero-order valence-electron chi connectivity index (χ0n) is 16.1. The first-order chi connectivity index (χ1) is 13.1. The van der Waals surface area contributed by atoms with Crippen LogP contribution in [0, 0.1) is 13.8 Å². The second kappa shape index (κ2) is 7.63. The van der Waals surface area contributed by atoms with E-state index in [9.17, 15) is 16.8 Å². The first-order valence-corrected chi connectivity index (χ1v) is 12.0. The predicted molar refractivity (Wildman–Crippen MR) is 110 cm³/mol. The van der Waals surface area contributed by atoms with Crippen LogP contribution in [0.5, 0.6) is 5.75 Å². The molecule has 1 fully saturated rings. The molecule has 0 spiro atoms. The van der Waals surface area contributed by atoms with E-state index < -0.39 is 20.0 Å². The van der Waals surface area contributed by atoms with Gasteiger partial charge in [0.05, 0.1) is 29.1 Å². The number of anilines is 2. The van der Waals surface area contributed by atoms with E-state index in [2.05, 4.69) is 4.72 Å². The van der Waals surface area contributed by atoms with Gasteiger partial charge in [-0.1, -0.05) is 12.1 Å². The number of aryl methyl sites for hydroxylation is 2. The van der Waals surface area contributed by atoms with Crippen LogP contribution in [0.15, 0.2) is 41.3 Å². The van der Waals surface area contributed by atoms with E-state index in [1.807, 2.05) is 13.0 Å². The van der Waals surface area contributed by atoms with Crippen molar-refractivity contribution in [3.05, 3.63) is 47.5 Å². The summed E-state index contributed by atoms with van der Waals surface area (Å²) < 4.78 is 60.0. The van der Waals surface area contributed by atoms with Crippen LogP contribution in [0.1, 0.15) is 24.0 Å². The zero-order valence-corrected chi connectivity index (χ0v) is 17.7. The lowest BCUT2D eigenvalue weighted by atomic mass is 10.2. The highest BCUT2D eigenvalue weighted by Crippen LogP contribution is 2.31.